The van der Waals surface area contributed by atoms with Crippen LogP contribution in [0.15, 0.2) is 36.4 Å². The van der Waals surface area contributed by atoms with Gasteiger partial charge in [-0.15, -0.1) is 0 Å². The number of carbonyl (C=O) groups excluding carboxylic acids is 8. The molecule has 1 aromatic rings. The van der Waals surface area contributed by atoms with Crippen LogP contribution in [0.2, 0.25) is 0 Å². The average molecular weight is 616 g/mol. The number of benzene rings is 1. The molecular weight excluding hydrogens is 578 g/mol. The Hall–Kier alpha value is -5.28. The van der Waals surface area contributed by atoms with Crippen molar-refractivity contribution in [1.82, 2.24) is 20.9 Å². The highest BCUT2D eigenvalue weighted by atomic mass is 16.5. The van der Waals surface area contributed by atoms with Crippen molar-refractivity contribution in [2.75, 3.05) is 11.9 Å². The van der Waals surface area contributed by atoms with E-state index in [4.69, 9.17) is 11.5 Å². The van der Waals surface area contributed by atoms with Crippen LogP contribution in [0.5, 0.6) is 0 Å². The van der Waals surface area contributed by atoms with E-state index in [2.05, 4.69) is 26.0 Å². The second kappa shape index (κ2) is 17.0. The first-order chi connectivity index (χ1) is 20.8. The summed E-state index contributed by atoms with van der Waals surface area (Å²) in [6.07, 6.45) is 2.66. The molecule has 8 N–H and O–H groups in total. The van der Waals surface area contributed by atoms with Crippen LogP contribution in [0.4, 0.5) is 10.5 Å². The minimum absolute atomic E-state index is 0.0683. The van der Waals surface area contributed by atoms with Gasteiger partial charge in [0.1, 0.15) is 24.7 Å². The summed E-state index contributed by atoms with van der Waals surface area (Å²) in [5.41, 5.74) is 11.1. The summed E-state index contributed by atoms with van der Waals surface area (Å²) in [5.74, 6) is -4.15. The molecule has 8 amide bonds. The Morgan fingerprint density at radius 2 is 1.39 bits per heavy atom. The lowest BCUT2D eigenvalue weighted by molar-refractivity contribution is -0.137. The summed E-state index contributed by atoms with van der Waals surface area (Å²) in [7, 11) is 0. The minimum atomic E-state index is -1.35. The largest absolute Gasteiger partial charge is 0.445 e. The number of imide groups is 1. The Morgan fingerprint density at radius 3 is 1.98 bits per heavy atom. The molecule has 0 saturated heterocycles. The van der Waals surface area contributed by atoms with Crippen LogP contribution in [-0.2, 0) is 44.9 Å². The van der Waals surface area contributed by atoms with E-state index in [9.17, 15) is 38.4 Å². The van der Waals surface area contributed by atoms with E-state index in [0.717, 1.165) is 4.90 Å². The standard InChI is InChI=1S/C28H37N7O9/c1-16(31-22(37)6-4-3-5-13-35-23(38)11-12-24(35)39)25(40)32-17(2)26(41)34-20(14-21(29)36)27(42)33-19-9-7-18(8-10-19)15-44-28(30)43/h7-12,16-17,20H,3-6,13-15H2,1-2H3,(H2,29,36)(H2,30,43)(H,31,37)(H,32,40)(H,33,42)(H,34,41)/t16-,17-,20-/m0/s1. The third-order valence-corrected chi connectivity index (χ3v) is 6.35. The van der Waals surface area contributed by atoms with E-state index in [1.807, 2.05) is 0 Å². The number of nitrogens with two attached hydrogens (primary N) is 2. The number of primary amides is 2. The molecule has 1 aliphatic rings. The number of amides is 8. The van der Waals surface area contributed by atoms with Gasteiger partial charge in [-0.25, -0.2) is 4.79 Å². The summed E-state index contributed by atoms with van der Waals surface area (Å²) >= 11 is 0. The molecule has 16 nitrogen and oxygen atoms in total. The third kappa shape index (κ3) is 11.9. The molecule has 0 spiro atoms. The van der Waals surface area contributed by atoms with Gasteiger partial charge in [-0.1, -0.05) is 18.6 Å². The van der Waals surface area contributed by atoms with Crippen LogP contribution in [0.25, 0.3) is 0 Å². The van der Waals surface area contributed by atoms with E-state index in [-0.39, 0.29) is 31.4 Å². The highest BCUT2D eigenvalue weighted by Crippen LogP contribution is 2.12. The molecule has 0 saturated carbocycles. The van der Waals surface area contributed by atoms with Crippen molar-refractivity contribution in [3.8, 4) is 0 Å². The second-order valence-corrected chi connectivity index (χ2v) is 10.0. The summed E-state index contributed by atoms with van der Waals surface area (Å²) in [6, 6.07) is 2.68. The molecule has 1 heterocycles. The summed E-state index contributed by atoms with van der Waals surface area (Å²) in [6.45, 7) is 2.99. The fourth-order valence-electron chi connectivity index (χ4n) is 3.94. The minimum Gasteiger partial charge on any atom is -0.445 e. The van der Waals surface area contributed by atoms with Crippen molar-refractivity contribution in [3.05, 3.63) is 42.0 Å². The highest BCUT2D eigenvalue weighted by Gasteiger charge is 2.27. The van der Waals surface area contributed by atoms with Crippen LogP contribution >= 0.6 is 0 Å². The fraction of sp³-hybridized carbons (Fsp3) is 0.429. The van der Waals surface area contributed by atoms with E-state index in [1.54, 1.807) is 12.1 Å². The molecule has 2 rings (SSSR count). The van der Waals surface area contributed by atoms with Gasteiger partial charge >= 0.3 is 6.09 Å². The molecule has 0 aliphatic carbocycles. The summed E-state index contributed by atoms with van der Waals surface area (Å²) in [4.78, 5) is 96.8. The molecule has 0 bridgehead atoms. The van der Waals surface area contributed by atoms with Crippen molar-refractivity contribution in [2.24, 2.45) is 11.5 Å². The van der Waals surface area contributed by atoms with E-state index in [0.29, 0.717) is 30.5 Å². The number of hydrogen-bond donors (Lipinski definition) is 6. The molecule has 44 heavy (non-hydrogen) atoms. The van der Waals surface area contributed by atoms with Crippen LogP contribution in [-0.4, -0.2) is 77.0 Å². The number of ether oxygens (including phenoxy) is 1. The molecule has 1 aromatic carbocycles. The first-order valence-electron chi connectivity index (χ1n) is 13.8. The van der Waals surface area contributed by atoms with Crippen molar-refractivity contribution in [2.45, 2.75) is 70.7 Å². The first kappa shape index (κ1) is 34.9. The quantitative estimate of drug-likeness (QED) is 0.0934. The molecule has 1 aliphatic heterocycles. The van der Waals surface area contributed by atoms with Gasteiger partial charge in [-0.05, 0) is 44.4 Å². The van der Waals surface area contributed by atoms with E-state index in [1.165, 1.54) is 38.1 Å². The Kier molecular flexibility index (Phi) is 13.5. The zero-order valence-corrected chi connectivity index (χ0v) is 24.4. The summed E-state index contributed by atoms with van der Waals surface area (Å²) in [5, 5.41) is 9.90. The molecule has 3 atom stereocenters. The molecule has 0 radical (unpaired) electrons. The number of unbranched alkanes of at least 4 members (excludes halogenated alkanes) is 2. The second-order valence-electron chi connectivity index (χ2n) is 10.0. The zero-order chi connectivity index (χ0) is 32.8. The Bertz CT molecular complexity index is 1280. The smallest absolute Gasteiger partial charge is 0.404 e. The van der Waals surface area contributed by atoms with Crippen LogP contribution < -0.4 is 32.7 Å². The van der Waals surface area contributed by atoms with Crippen molar-refractivity contribution in [3.63, 3.8) is 0 Å². The number of rotatable bonds is 17. The van der Waals surface area contributed by atoms with E-state index < -0.39 is 60.2 Å². The Balaban J connectivity index is 1.78. The first-order valence-corrected chi connectivity index (χ1v) is 13.8. The van der Waals surface area contributed by atoms with Gasteiger partial charge in [-0.3, -0.25) is 38.5 Å². The zero-order valence-electron chi connectivity index (χ0n) is 24.4. The fourth-order valence-corrected chi connectivity index (χ4v) is 3.94. The summed E-state index contributed by atoms with van der Waals surface area (Å²) < 4.78 is 4.68. The topological polar surface area (TPSA) is 249 Å². The monoisotopic (exact) mass is 615 g/mol. The Labute approximate surface area is 253 Å². The third-order valence-electron chi connectivity index (χ3n) is 6.35. The Morgan fingerprint density at radius 1 is 0.795 bits per heavy atom. The van der Waals surface area contributed by atoms with Crippen LogP contribution in [0.3, 0.4) is 0 Å². The molecule has 16 heteroatoms. The molecular formula is C28H37N7O9. The number of carbonyl (C=O) groups is 8. The SMILES string of the molecule is C[C@H](NC(=O)CCCCCN1C(=O)C=CC1=O)C(=O)N[C@@H](C)C(=O)N[C@@H](CC(N)=O)C(=O)Nc1ccc(COC(N)=O)cc1. The molecule has 0 unspecified atom stereocenters. The van der Waals surface area contributed by atoms with Crippen molar-refractivity contribution in [1.29, 1.82) is 0 Å². The number of nitrogens with one attached hydrogen (secondary N) is 4. The number of hydrogen-bond acceptors (Lipinski definition) is 9. The van der Waals surface area contributed by atoms with Gasteiger partial charge in [0.25, 0.3) is 11.8 Å². The lowest BCUT2D eigenvalue weighted by Gasteiger charge is -2.22. The van der Waals surface area contributed by atoms with Crippen LogP contribution in [0.1, 0.15) is 51.5 Å². The van der Waals surface area contributed by atoms with Crippen molar-refractivity contribution < 1.29 is 43.1 Å². The lowest BCUT2D eigenvalue weighted by Crippen LogP contribution is -2.55. The number of anilines is 1. The normalized spacial score (nSPS) is 14.3. The van der Waals surface area contributed by atoms with Crippen molar-refractivity contribution >= 4 is 53.1 Å². The van der Waals surface area contributed by atoms with Gasteiger partial charge < -0.3 is 37.5 Å². The van der Waals surface area contributed by atoms with Gasteiger partial charge in [-0.2, -0.15) is 0 Å². The van der Waals surface area contributed by atoms with Gasteiger partial charge in [0, 0.05) is 30.8 Å². The lowest BCUT2D eigenvalue weighted by atomic mass is 10.1. The maximum atomic E-state index is 12.8. The van der Waals surface area contributed by atoms with Gasteiger partial charge in [0.15, 0.2) is 0 Å². The maximum Gasteiger partial charge on any atom is 0.404 e. The van der Waals surface area contributed by atoms with Crippen LogP contribution in [0, 0.1) is 0 Å². The van der Waals surface area contributed by atoms with Gasteiger partial charge in [0.2, 0.25) is 29.5 Å². The predicted octanol–water partition coefficient (Wildman–Crippen LogP) is -0.925. The number of nitrogens with zero attached hydrogens (tertiary/aromatic N) is 1. The molecule has 0 aromatic heterocycles. The average Bonchev–Trinajstić information content (AvgIpc) is 3.28. The highest BCUT2D eigenvalue weighted by molar-refractivity contribution is 6.12. The van der Waals surface area contributed by atoms with E-state index >= 15 is 0 Å². The predicted molar refractivity (Wildman–Crippen MR) is 155 cm³/mol. The molecule has 0 fully saturated rings. The maximum absolute atomic E-state index is 12.8. The molecule has 238 valence electrons. The van der Waals surface area contributed by atoms with Gasteiger partial charge in [0.05, 0.1) is 6.42 Å².